The number of carbonyl (C=O) groups excluding carboxylic acids is 2. The molecule has 5 nitrogen and oxygen atoms in total. The third kappa shape index (κ3) is 2.47. The summed E-state index contributed by atoms with van der Waals surface area (Å²) in [6.45, 7) is 2.69. The van der Waals surface area contributed by atoms with Crippen molar-refractivity contribution < 1.29 is 14.3 Å². The predicted molar refractivity (Wildman–Crippen MR) is 79.3 cm³/mol. The first-order chi connectivity index (χ1) is 10.1. The number of amides is 1. The maximum Gasteiger partial charge on any atom is 0.258 e. The number of benzene rings is 1. The fourth-order valence-corrected chi connectivity index (χ4v) is 3.18. The predicted octanol–water partition coefficient (Wildman–Crippen LogP) is 1.05. The van der Waals surface area contributed by atoms with E-state index >= 15 is 0 Å². The molecule has 0 radical (unpaired) electrons. The fraction of sp³-hybridized carbons (Fsp3) is 0.500. The molecule has 1 aromatic carbocycles. The molecule has 21 heavy (non-hydrogen) atoms. The van der Waals surface area contributed by atoms with E-state index in [4.69, 9.17) is 4.74 Å². The second kappa shape index (κ2) is 5.58. The van der Waals surface area contributed by atoms with Crippen LogP contribution in [0.1, 0.15) is 18.4 Å². The first kappa shape index (κ1) is 14.2. The van der Waals surface area contributed by atoms with E-state index in [1.165, 1.54) is 0 Å². The van der Waals surface area contributed by atoms with Gasteiger partial charge in [0.2, 0.25) is 0 Å². The maximum atomic E-state index is 12.3. The Morgan fingerprint density at radius 1 is 1.24 bits per heavy atom. The van der Waals surface area contributed by atoms with E-state index in [1.54, 1.807) is 12.0 Å². The van der Waals surface area contributed by atoms with Gasteiger partial charge < -0.3 is 15.0 Å². The number of ether oxygens (including phenoxy) is 1. The minimum Gasteiger partial charge on any atom is -0.369 e. The molecular formula is C16H20N2O3. The molecule has 0 bridgehead atoms. The number of nitrogens with one attached hydrogen (secondary N) is 1. The van der Waals surface area contributed by atoms with Crippen LogP contribution in [-0.2, 0) is 14.3 Å². The van der Waals surface area contributed by atoms with Crippen LogP contribution >= 0.6 is 0 Å². The van der Waals surface area contributed by atoms with Crippen LogP contribution in [0, 0.1) is 6.92 Å². The first-order valence-corrected chi connectivity index (χ1v) is 7.29. The van der Waals surface area contributed by atoms with Gasteiger partial charge in [-0.1, -0.05) is 17.7 Å². The molecule has 0 spiro atoms. The highest BCUT2D eigenvalue weighted by molar-refractivity contribution is 6.05. The molecule has 2 saturated heterocycles. The summed E-state index contributed by atoms with van der Waals surface area (Å²) in [5.41, 5.74) is 2.02. The van der Waals surface area contributed by atoms with Crippen LogP contribution in [0.3, 0.4) is 0 Å². The van der Waals surface area contributed by atoms with Crippen LogP contribution in [0.2, 0.25) is 0 Å². The minimum absolute atomic E-state index is 0.0322. The lowest BCUT2D eigenvalue weighted by Gasteiger charge is -2.50. The van der Waals surface area contributed by atoms with Crippen LogP contribution in [0.25, 0.3) is 0 Å². The smallest absolute Gasteiger partial charge is 0.258 e. The highest BCUT2D eigenvalue weighted by Gasteiger charge is 2.52. The van der Waals surface area contributed by atoms with Crippen LogP contribution in [0.4, 0.5) is 5.69 Å². The number of Topliss-reactive ketones (excluding diaryl/α,β-unsaturated/α-hetero) is 1. The normalized spacial score (nSPS) is 29.4. The number of anilines is 1. The summed E-state index contributed by atoms with van der Waals surface area (Å²) < 4.78 is 5.33. The molecule has 3 atom stereocenters. The van der Waals surface area contributed by atoms with E-state index in [2.05, 4.69) is 5.32 Å². The fourth-order valence-electron chi connectivity index (χ4n) is 3.18. The number of nitrogens with zero attached hydrogens (tertiary/aromatic N) is 1. The molecule has 0 aliphatic carbocycles. The molecule has 1 N–H and O–H groups in total. The van der Waals surface area contributed by atoms with Gasteiger partial charge in [-0.3, -0.25) is 9.59 Å². The lowest BCUT2D eigenvalue weighted by atomic mass is 9.85. The van der Waals surface area contributed by atoms with Crippen molar-refractivity contribution in [2.24, 2.45) is 0 Å². The second-order valence-corrected chi connectivity index (χ2v) is 5.74. The molecule has 2 aliphatic rings. The highest BCUT2D eigenvalue weighted by atomic mass is 16.5. The third-order valence-corrected chi connectivity index (χ3v) is 4.33. The van der Waals surface area contributed by atoms with Gasteiger partial charge in [-0.25, -0.2) is 0 Å². The molecular weight excluding hydrogens is 268 g/mol. The number of carbonyl (C=O) groups is 2. The van der Waals surface area contributed by atoms with Gasteiger partial charge in [0.25, 0.3) is 5.91 Å². The maximum absolute atomic E-state index is 12.3. The van der Waals surface area contributed by atoms with Gasteiger partial charge in [0.15, 0.2) is 6.10 Å². The Bertz CT molecular complexity index is 555. The van der Waals surface area contributed by atoms with E-state index in [9.17, 15) is 9.59 Å². The van der Waals surface area contributed by atoms with E-state index in [-0.39, 0.29) is 23.8 Å². The van der Waals surface area contributed by atoms with Gasteiger partial charge >= 0.3 is 0 Å². The monoisotopic (exact) mass is 288 g/mol. The number of hydrogen-bond donors (Lipinski definition) is 1. The van der Waals surface area contributed by atoms with Crippen molar-refractivity contribution in [2.75, 3.05) is 18.6 Å². The summed E-state index contributed by atoms with van der Waals surface area (Å²) in [7, 11) is 1.55. The molecule has 2 fully saturated rings. The molecule has 0 aromatic heterocycles. The summed E-state index contributed by atoms with van der Waals surface area (Å²) in [6.07, 6.45) is 0.564. The average molecular weight is 288 g/mol. The first-order valence-electron chi connectivity index (χ1n) is 7.29. The lowest BCUT2D eigenvalue weighted by Crippen LogP contribution is -2.73. The van der Waals surface area contributed by atoms with Gasteiger partial charge in [0, 0.05) is 38.2 Å². The zero-order chi connectivity index (χ0) is 15.0. The number of piperidine rings is 1. The molecule has 1 aromatic rings. The van der Waals surface area contributed by atoms with E-state index in [0.29, 0.717) is 19.4 Å². The zero-order valence-corrected chi connectivity index (χ0v) is 12.3. The molecule has 0 saturated carbocycles. The van der Waals surface area contributed by atoms with Gasteiger partial charge in [-0.15, -0.1) is 0 Å². The summed E-state index contributed by atoms with van der Waals surface area (Å²) in [6, 6.07) is 7.70. The number of ketones is 1. The van der Waals surface area contributed by atoms with Gasteiger partial charge in [-0.05, 0) is 19.1 Å². The van der Waals surface area contributed by atoms with Gasteiger partial charge in [0.05, 0.1) is 6.04 Å². The van der Waals surface area contributed by atoms with Crippen LogP contribution in [-0.4, -0.2) is 43.5 Å². The van der Waals surface area contributed by atoms with Crippen molar-refractivity contribution in [3.05, 3.63) is 29.8 Å². The number of hydrogen-bond acceptors (Lipinski definition) is 4. The highest BCUT2D eigenvalue weighted by Crippen LogP contribution is 2.33. The Balaban J connectivity index is 1.85. The Morgan fingerprint density at radius 3 is 2.57 bits per heavy atom. The minimum atomic E-state index is -0.463. The topological polar surface area (TPSA) is 58.6 Å². The van der Waals surface area contributed by atoms with E-state index in [0.717, 1.165) is 11.3 Å². The van der Waals surface area contributed by atoms with Crippen molar-refractivity contribution in [2.45, 2.75) is 38.0 Å². The number of β-lactam (4-membered cyclic amide) rings is 1. The molecule has 2 aliphatic heterocycles. The third-order valence-electron chi connectivity index (χ3n) is 4.33. The van der Waals surface area contributed by atoms with Crippen molar-refractivity contribution in [3.8, 4) is 0 Å². The summed E-state index contributed by atoms with van der Waals surface area (Å²) in [5.74, 6) is 0.211. The summed E-state index contributed by atoms with van der Waals surface area (Å²) in [5, 5.41) is 3.35. The quantitative estimate of drug-likeness (QED) is 0.845. The Kier molecular flexibility index (Phi) is 3.78. The average Bonchev–Trinajstić information content (AvgIpc) is 2.47. The van der Waals surface area contributed by atoms with E-state index in [1.807, 2.05) is 31.2 Å². The van der Waals surface area contributed by atoms with Crippen molar-refractivity contribution in [3.63, 3.8) is 0 Å². The van der Waals surface area contributed by atoms with Gasteiger partial charge in [0.1, 0.15) is 5.78 Å². The standard InChI is InChI=1S/C16H20N2O3/c1-10-3-5-11(6-4-10)18-14(15(21-2)16(18)20)13-9-12(19)7-8-17-13/h3-6,13-15,17H,7-9H2,1-2H3/t13-,14+,15-/m1/s1. The van der Waals surface area contributed by atoms with Crippen molar-refractivity contribution in [1.29, 1.82) is 0 Å². The summed E-state index contributed by atoms with van der Waals surface area (Å²) in [4.78, 5) is 25.8. The largest absolute Gasteiger partial charge is 0.369 e. The number of aryl methyl sites for hydroxylation is 1. The van der Waals surface area contributed by atoms with Crippen molar-refractivity contribution >= 4 is 17.4 Å². The summed E-state index contributed by atoms with van der Waals surface area (Å²) >= 11 is 0. The molecule has 2 heterocycles. The second-order valence-electron chi connectivity index (χ2n) is 5.74. The lowest BCUT2D eigenvalue weighted by molar-refractivity contribution is -0.142. The Hall–Kier alpha value is -1.72. The van der Waals surface area contributed by atoms with E-state index < -0.39 is 6.10 Å². The van der Waals surface area contributed by atoms with Gasteiger partial charge in [-0.2, -0.15) is 0 Å². The zero-order valence-electron chi connectivity index (χ0n) is 12.3. The number of rotatable bonds is 3. The Morgan fingerprint density at radius 2 is 1.95 bits per heavy atom. The molecule has 5 heteroatoms. The van der Waals surface area contributed by atoms with Crippen LogP contribution in [0.5, 0.6) is 0 Å². The van der Waals surface area contributed by atoms with Crippen LogP contribution < -0.4 is 10.2 Å². The SMILES string of the molecule is CO[C@H]1C(=O)N(c2ccc(C)cc2)[C@H]1[C@H]1CC(=O)CCN1. The molecule has 3 rings (SSSR count). The number of methoxy groups -OCH3 is 1. The van der Waals surface area contributed by atoms with Crippen LogP contribution in [0.15, 0.2) is 24.3 Å². The Labute approximate surface area is 124 Å². The van der Waals surface area contributed by atoms with Crippen molar-refractivity contribution in [1.82, 2.24) is 5.32 Å². The molecule has 1 amide bonds. The molecule has 112 valence electrons. The molecule has 0 unspecified atom stereocenters.